The van der Waals surface area contributed by atoms with E-state index in [1.54, 1.807) is 12.1 Å². The summed E-state index contributed by atoms with van der Waals surface area (Å²) in [6, 6.07) is 5.87. The maximum Gasteiger partial charge on any atom is 0.251 e. The Bertz CT molecular complexity index is 611. The van der Waals surface area contributed by atoms with E-state index in [0.29, 0.717) is 38.3 Å². The number of rotatable bonds is 5. The van der Waals surface area contributed by atoms with E-state index in [4.69, 9.17) is 4.74 Å². The highest BCUT2D eigenvalue weighted by atomic mass is 19.1. The lowest BCUT2D eigenvalue weighted by atomic mass is 10.2. The van der Waals surface area contributed by atoms with E-state index in [1.807, 2.05) is 4.90 Å². The van der Waals surface area contributed by atoms with Gasteiger partial charge in [0.25, 0.3) is 5.91 Å². The summed E-state index contributed by atoms with van der Waals surface area (Å²) in [4.78, 5) is 28.3. The molecule has 2 aliphatic rings. The van der Waals surface area contributed by atoms with Gasteiger partial charge in [-0.1, -0.05) is 6.07 Å². The minimum absolute atomic E-state index is 0.0981. The largest absolute Gasteiger partial charge is 0.368 e. The predicted molar refractivity (Wildman–Crippen MR) is 91.6 cm³/mol. The van der Waals surface area contributed by atoms with Gasteiger partial charge in [0.2, 0.25) is 5.91 Å². The summed E-state index contributed by atoms with van der Waals surface area (Å²) in [7, 11) is 0. The highest BCUT2D eigenvalue weighted by Crippen LogP contribution is 2.16. The molecule has 1 aromatic carbocycles. The molecule has 2 aliphatic heterocycles. The molecule has 1 aromatic rings. The molecule has 6 nitrogen and oxygen atoms in total. The van der Waals surface area contributed by atoms with Gasteiger partial charge in [-0.05, 0) is 31.0 Å². The van der Waals surface area contributed by atoms with E-state index in [-0.39, 0.29) is 23.7 Å². The first-order valence-electron chi connectivity index (χ1n) is 8.80. The Kier molecular flexibility index (Phi) is 5.99. The molecule has 2 amide bonds. The van der Waals surface area contributed by atoms with Gasteiger partial charge >= 0.3 is 0 Å². The molecule has 0 spiro atoms. The van der Waals surface area contributed by atoms with Crippen LogP contribution in [0.3, 0.4) is 0 Å². The molecule has 2 fully saturated rings. The Morgan fingerprint density at radius 1 is 1.24 bits per heavy atom. The van der Waals surface area contributed by atoms with Crippen molar-refractivity contribution in [2.24, 2.45) is 0 Å². The fraction of sp³-hybridized carbons (Fsp3) is 0.556. The van der Waals surface area contributed by atoms with Crippen molar-refractivity contribution in [3.05, 3.63) is 30.1 Å². The van der Waals surface area contributed by atoms with Crippen molar-refractivity contribution in [2.75, 3.05) is 44.6 Å². The summed E-state index contributed by atoms with van der Waals surface area (Å²) < 4.78 is 18.6. The summed E-state index contributed by atoms with van der Waals surface area (Å²) >= 11 is 0. The fourth-order valence-corrected chi connectivity index (χ4v) is 3.22. The number of halogens is 1. The Labute approximate surface area is 146 Å². The standard InChI is InChI=1S/C18H24FN3O3/c19-14-3-1-4-15(13-14)20-17(23)6-7-21-8-10-22(11-9-21)18(24)16-5-2-12-25-16/h1,3-4,13,16H,2,5-12H2,(H,20,23)/t16-/m0/s1. The zero-order valence-electron chi connectivity index (χ0n) is 14.2. The molecule has 0 aliphatic carbocycles. The third kappa shape index (κ3) is 4.99. The molecule has 1 N–H and O–H groups in total. The number of anilines is 1. The summed E-state index contributed by atoms with van der Waals surface area (Å²) in [6.07, 6.45) is 1.86. The number of amides is 2. The minimum atomic E-state index is -0.371. The number of carbonyl (C=O) groups is 2. The van der Waals surface area contributed by atoms with Crippen LogP contribution in [-0.4, -0.2) is 67.0 Å². The van der Waals surface area contributed by atoms with Crippen LogP contribution in [0, 0.1) is 5.82 Å². The van der Waals surface area contributed by atoms with Gasteiger partial charge < -0.3 is 15.0 Å². The Hall–Kier alpha value is -1.99. The van der Waals surface area contributed by atoms with E-state index in [9.17, 15) is 14.0 Å². The first-order valence-corrected chi connectivity index (χ1v) is 8.80. The summed E-state index contributed by atoms with van der Waals surface area (Å²) in [5.74, 6) is -0.408. The third-order valence-corrected chi connectivity index (χ3v) is 4.65. The van der Waals surface area contributed by atoms with Gasteiger partial charge in [0.15, 0.2) is 0 Å². The van der Waals surface area contributed by atoms with Crippen molar-refractivity contribution in [1.82, 2.24) is 9.80 Å². The van der Waals surface area contributed by atoms with Crippen LogP contribution >= 0.6 is 0 Å². The molecular weight excluding hydrogens is 325 g/mol. The van der Waals surface area contributed by atoms with Crippen molar-refractivity contribution >= 4 is 17.5 Å². The van der Waals surface area contributed by atoms with Crippen LogP contribution in [-0.2, 0) is 14.3 Å². The highest BCUT2D eigenvalue weighted by Gasteiger charge is 2.30. The maximum atomic E-state index is 13.1. The number of hydrogen-bond donors (Lipinski definition) is 1. The summed E-state index contributed by atoms with van der Waals surface area (Å²) in [6.45, 7) is 4.16. The molecule has 136 valence electrons. The van der Waals surface area contributed by atoms with Crippen LogP contribution < -0.4 is 5.32 Å². The van der Waals surface area contributed by atoms with Crippen LogP contribution in [0.25, 0.3) is 0 Å². The predicted octanol–water partition coefficient (Wildman–Crippen LogP) is 1.48. The number of nitrogens with zero attached hydrogens (tertiary/aromatic N) is 2. The molecular formula is C18H24FN3O3. The molecule has 0 bridgehead atoms. The van der Waals surface area contributed by atoms with Gasteiger partial charge in [-0.2, -0.15) is 0 Å². The maximum absolute atomic E-state index is 13.1. The first-order chi connectivity index (χ1) is 12.1. The molecule has 7 heteroatoms. The second kappa shape index (κ2) is 8.40. The molecule has 0 radical (unpaired) electrons. The van der Waals surface area contributed by atoms with Gasteiger partial charge in [0.1, 0.15) is 11.9 Å². The lowest BCUT2D eigenvalue weighted by molar-refractivity contribution is -0.142. The molecule has 0 saturated carbocycles. The topological polar surface area (TPSA) is 61.9 Å². The zero-order chi connectivity index (χ0) is 17.6. The summed E-state index contributed by atoms with van der Waals surface area (Å²) in [5.41, 5.74) is 0.469. The fourth-order valence-electron chi connectivity index (χ4n) is 3.22. The van der Waals surface area contributed by atoms with E-state index in [0.717, 1.165) is 25.9 Å². The number of ether oxygens (including phenoxy) is 1. The molecule has 2 heterocycles. The van der Waals surface area contributed by atoms with Crippen LogP contribution in [0.5, 0.6) is 0 Å². The van der Waals surface area contributed by atoms with Crippen molar-refractivity contribution in [3.8, 4) is 0 Å². The van der Waals surface area contributed by atoms with Crippen molar-refractivity contribution < 1.29 is 18.7 Å². The van der Waals surface area contributed by atoms with Crippen LogP contribution in [0.1, 0.15) is 19.3 Å². The highest BCUT2D eigenvalue weighted by molar-refractivity contribution is 5.90. The normalized spacial score (nSPS) is 21.3. The van der Waals surface area contributed by atoms with Crippen LogP contribution in [0.2, 0.25) is 0 Å². The Morgan fingerprint density at radius 3 is 2.72 bits per heavy atom. The molecule has 0 unspecified atom stereocenters. The van der Waals surface area contributed by atoms with Crippen molar-refractivity contribution in [2.45, 2.75) is 25.4 Å². The van der Waals surface area contributed by atoms with Gasteiger partial charge in [-0.25, -0.2) is 4.39 Å². The summed E-state index contributed by atoms with van der Waals surface area (Å²) in [5, 5.41) is 2.70. The van der Waals surface area contributed by atoms with Gasteiger partial charge in [0, 0.05) is 51.4 Å². The minimum Gasteiger partial charge on any atom is -0.368 e. The molecule has 1 atom stereocenters. The number of hydrogen-bond acceptors (Lipinski definition) is 4. The number of nitrogens with one attached hydrogen (secondary N) is 1. The van der Waals surface area contributed by atoms with E-state index < -0.39 is 0 Å². The number of piperazine rings is 1. The number of carbonyl (C=O) groups excluding carboxylic acids is 2. The van der Waals surface area contributed by atoms with Crippen LogP contribution in [0.4, 0.5) is 10.1 Å². The van der Waals surface area contributed by atoms with E-state index in [1.165, 1.54) is 12.1 Å². The van der Waals surface area contributed by atoms with Gasteiger partial charge in [-0.15, -0.1) is 0 Å². The smallest absolute Gasteiger partial charge is 0.251 e. The van der Waals surface area contributed by atoms with Gasteiger partial charge in [-0.3, -0.25) is 14.5 Å². The quantitative estimate of drug-likeness (QED) is 0.875. The second-order valence-corrected chi connectivity index (χ2v) is 6.48. The van der Waals surface area contributed by atoms with Crippen LogP contribution in [0.15, 0.2) is 24.3 Å². The van der Waals surface area contributed by atoms with E-state index in [2.05, 4.69) is 10.2 Å². The Balaban J connectivity index is 1.37. The average Bonchev–Trinajstić information content (AvgIpc) is 3.14. The van der Waals surface area contributed by atoms with Crippen molar-refractivity contribution in [3.63, 3.8) is 0 Å². The SMILES string of the molecule is O=C(CCN1CCN(C(=O)[C@@H]2CCCO2)CC1)Nc1cccc(F)c1. The zero-order valence-corrected chi connectivity index (χ0v) is 14.2. The van der Waals surface area contributed by atoms with Crippen molar-refractivity contribution in [1.29, 1.82) is 0 Å². The monoisotopic (exact) mass is 349 g/mol. The van der Waals surface area contributed by atoms with E-state index >= 15 is 0 Å². The molecule has 25 heavy (non-hydrogen) atoms. The number of benzene rings is 1. The lowest BCUT2D eigenvalue weighted by Crippen LogP contribution is -2.51. The Morgan fingerprint density at radius 2 is 2.04 bits per heavy atom. The molecule has 3 rings (SSSR count). The first kappa shape index (κ1) is 17.8. The molecule has 2 saturated heterocycles. The molecule has 0 aromatic heterocycles. The average molecular weight is 349 g/mol. The third-order valence-electron chi connectivity index (χ3n) is 4.65. The lowest BCUT2D eigenvalue weighted by Gasteiger charge is -2.35. The second-order valence-electron chi connectivity index (χ2n) is 6.48. The van der Waals surface area contributed by atoms with Gasteiger partial charge in [0.05, 0.1) is 0 Å².